The van der Waals surface area contributed by atoms with Crippen molar-refractivity contribution in [3.8, 4) is 0 Å². The van der Waals surface area contributed by atoms with Crippen LogP contribution in [0.2, 0.25) is 0 Å². The van der Waals surface area contributed by atoms with Crippen molar-refractivity contribution in [3.63, 3.8) is 0 Å². The average molecular weight is 262 g/mol. The van der Waals surface area contributed by atoms with Crippen LogP contribution in [0.3, 0.4) is 0 Å². The Hall–Kier alpha value is -2.68. The molecule has 0 aliphatic carbocycles. The number of aromatic nitrogens is 1. The van der Waals surface area contributed by atoms with E-state index >= 15 is 0 Å². The van der Waals surface area contributed by atoms with Crippen LogP contribution < -0.4 is 5.32 Å². The number of amides is 1. The SMILES string of the molecule is Cc1ccc(NC(=O)c2ccccc2)c2cccnc12. The van der Waals surface area contributed by atoms with E-state index < -0.39 is 0 Å². The summed E-state index contributed by atoms with van der Waals surface area (Å²) in [5, 5.41) is 3.90. The Labute approximate surface area is 117 Å². The van der Waals surface area contributed by atoms with Crippen molar-refractivity contribution in [1.82, 2.24) is 4.98 Å². The molecule has 0 atom stereocenters. The Morgan fingerprint density at radius 1 is 1.00 bits per heavy atom. The van der Waals surface area contributed by atoms with E-state index in [1.165, 1.54) is 0 Å². The van der Waals surface area contributed by atoms with E-state index in [1.807, 2.05) is 49.4 Å². The largest absolute Gasteiger partial charge is 0.321 e. The first-order valence-electron chi connectivity index (χ1n) is 6.46. The second kappa shape index (κ2) is 5.13. The summed E-state index contributed by atoms with van der Waals surface area (Å²) in [6.45, 7) is 2.01. The summed E-state index contributed by atoms with van der Waals surface area (Å²) in [6.07, 6.45) is 1.76. The quantitative estimate of drug-likeness (QED) is 0.763. The third-order valence-corrected chi connectivity index (χ3v) is 3.26. The lowest BCUT2D eigenvalue weighted by atomic mass is 10.1. The first-order chi connectivity index (χ1) is 9.75. The van der Waals surface area contributed by atoms with E-state index in [0.29, 0.717) is 5.56 Å². The lowest BCUT2D eigenvalue weighted by Crippen LogP contribution is -2.12. The maximum absolute atomic E-state index is 12.2. The number of carbonyl (C=O) groups is 1. The summed E-state index contributed by atoms with van der Waals surface area (Å²) in [7, 11) is 0. The number of hydrogen-bond acceptors (Lipinski definition) is 2. The minimum Gasteiger partial charge on any atom is -0.321 e. The molecule has 1 aromatic heterocycles. The molecule has 0 spiro atoms. The van der Waals surface area contributed by atoms with E-state index in [4.69, 9.17) is 0 Å². The highest BCUT2D eigenvalue weighted by Crippen LogP contribution is 2.24. The van der Waals surface area contributed by atoms with E-state index in [1.54, 1.807) is 18.3 Å². The third-order valence-electron chi connectivity index (χ3n) is 3.26. The number of fused-ring (bicyclic) bond motifs is 1. The normalized spacial score (nSPS) is 10.4. The summed E-state index contributed by atoms with van der Waals surface area (Å²) in [5.41, 5.74) is 3.44. The molecule has 1 heterocycles. The predicted octanol–water partition coefficient (Wildman–Crippen LogP) is 3.80. The molecule has 20 heavy (non-hydrogen) atoms. The van der Waals surface area contributed by atoms with Gasteiger partial charge in [0.05, 0.1) is 11.2 Å². The molecular formula is C17H14N2O. The van der Waals surface area contributed by atoms with Crippen molar-refractivity contribution in [2.24, 2.45) is 0 Å². The molecule has 3 nitrogen and oxygen atoms in total. The first kappa shape index (κ1) is 12.4. The van der Waals surface area contributed by atoms with E-state index in [2.05, 4.69) is 10.3 Å². The van der Waals surface area contributed by atoms with Gasteiger partial charge in [-0.2, -0.15) is 0 Å². The van der Waals surface area contributed by atoms with Gasteiger partial charge in [-0.05, 0) is 42.8 Å². The monoisotopic (exact) mass is 262 g/mol. The fraction of sp³-hybridized carbons (Fsp3) is 0.0588. The molecule has 3 heteroatoms. The van der Waals surface area contributed by atoms with Crippen LogP contribution in [0.4, 0.5) is 5.69 Å². The van der Waals surface area contributed by atoms with Crippen molar-refractivity contribution >= 4 is 22.5 Å². The van der Waals surface area contributed by atoms with Crippen LogP contribution in [0.15, 0.2) is 60.8 Å². The van der Waals surface area contributed by atoms with Gasteiger partial charge in [-0.15, -0.1) is 0 Å². The summed E-state index contributed by atoms with van der Waals surface area (Å²) in [4.78, 5) is 16.6. The van der Waals surface area contributed by atoms with Gasteiger partial charge in [0.15, 0.2) is 0 Å². The molecule has 2 aromatic carbocycles. The standard InChI is InChI=1S/C17H14N2O/c1-12-9-10-15(14-8-5-11-18-16(12)14)19-17(20)13-6-3-2-4-7-13/h2-11H,1H3,(H,19,20). The van der Waals surface area contributed by atoms with Crippen LogP contribution in [0, 0.1) is 6.92 Å². The number of hydrogen-bond donors (Lipinski definition) is 1. The molecule has 3 rings (SSSR count). The molecule has 98 valence electrons. The smallest absolute Gasteiger partial charge is 0.255 e. The predicted molar refractivity (Wildman–Crippen MR) is 80.9 cm³/mol. The summed E-state index contributed by atoms with van der Waals surface area (Å²) < 4.78 is 0. The number of carbonyl (C=O) groups excluding carboxylic acids is 1. The number of benzene rings is 2. The zero-order valence-electron chi connectivity index (χ0n) is 11.1. The van der Waals surface area contributed by atoms with Gasteiger partial charge >= 0.3 is 0 Å². The number of anilines is 1. The van der Waals surface area contributed by atoms with Gasteiger partial charge in [-0.1, -0.05) is 24.3 Å². The summed E-state index contributed by atoms with van der Waals surface area (Å²) in [6, 6.07) is 16.9. The number of aryl methyl sites for hydroxylation is 1. The van der Waals surface area contributed by atoms with Gasteiger partial charge in [0, 0.05) is 17.1 Å². The zero-order valence-corrected chi connectivity index (χ0v) is 11.1. The minimum absolute atomic E-state index is 0.111. The van der Waals surface area contributed by atoms with Gasteiger partial charge in [0.25, 0.3) is 5.91 Å². The Balaban J connectivity index is 2.00. The van der Waals surface area contributed by atoms with Crippen LogP contribution in [-0.2, 0) is 0 Å². The topological polar surface area (TPSA) is 42.0 Å². The fourth-order valence-corrected chi connectivity index (χ4v) is 2.21. The third kappa shape index (κ3) is 2.26. The molecular weight excluding hydrogens is 248 g/mol. The van der Waals surface area contributed by atoms with Crippen LogP contribution in [0.5, 0.6) is 0 Å². The fourth-order valence-electron chi connectivity index (χ4n) is 2.21. The van der Waals surface area contributed by atoms with Crippen LogP contribution in [-0.4, -0.2) is 10.9 Å². The lowest BCUT2D eigenvalue weighted by Gasteiger charge is -2.10. The highest BCUT2D eigenvalue weighted by molar-refractivity contribution is 6.08. The van der Waals surface area contributed by atoms with Crippen molar-refractivity contribution in [2.45, 2.75) is 6.92 Å². The van der Waals surface area contributed by atoms with E-state index in [0.717, 1.165) is 22.2 Å². The Morgan fingerprint density at radius 3 is 2.60 bits per heavy atom. The first-order valence-corrected chi connectivity index (χ1v) is 6.46. The van der Waals surface area contributed by atoms with Crippen LogP contribution >= 0.6 is 0 Å². The lowest BCUT2D eigenvalue weighted by molar-refractivity contribution is 0.102. The number of rotatable bonds is 2. The van der Waals surface area contributed by atoms with Gasteiger partial charge < -0.3 is 5.32 Å². The maximum atomic E-state index is 12.2. The molecule has 1 amide bonds. The molecule has 0 fully saturated rings. The second-order valence-electron chi connectivity index (χ2n) is 4.65. The molecule has 0 aliphatic heterocycles. The second-order valence-corrected chi connectivity index (χ2v) is 4.65. The molecule has 0 saturated heterocycles. The van der Waals surface area contributed by atoms with Crippen LogP contribution in [0.25, 0.3) is 10.9 Å². The molecule has 0 radical (unpaired) electrons. The average Bonchev–Trinajstić information content (AvgIpc) is 2.51. The number of pyridine rings is 1. The van der Waals surface area contributed by atoms with Crippen LogP contribution in [0.1, 0.15) is 15.9 Å². The van der Waals surface area contributed by atoms with Crippen molar-refractivity contribution in [1.29, 1.82) is 0 Å². The highest BCUT2D eigenvalue weighted by Gasteiger charge is 2.09. The number of nitrogens with zero attached hydrogens (tertiary/aromatic N) is 1. The van der Waals surface area contributed by atoms with Crippen molar-refractivity contribution in [2.75, 3.05) is 5.32 Å². The molecule has 0 unspecified atom stereocenters. The van der Waals surface area contributed by atoms with Gasteiger partial charge in [0.1, 0.15) is 0 Å². The van der Waals surface area contributed by atoms with Gasteiger partial charge in [-0.3, -0.25) is 9.78 Å². The zero-order chi connectivity index (χ0) is 13.9. The van der Waals surface area contributed by atoms with Crippen molar-refractivity contribution < 1.29 is 4.79 Å². The van der Waals surface area contributed by atoms with Gasteiger partial charge in [0.2, 0.25) is 0 Å². The molecule has 0 saturated carbocycles. The van der Waals surface area contributed by atoms with E-state index in [-0.39, 0.29) is 5.91 Å². The Kier molecular flexibility index (Phi) is 3.17. The molecule has 0 aliphatic rings. The molecule has 1 N–H and O–H groups in total. The van der Waals surface area contributed by atoms with Crippen molar-refractivity contribution in [3.05, 3.63) is 71.9 Å². The summed E-state index contributed by atoms with van der Waals surface area (Å²) in [5.74, 6) is -0.111. The van der Waals surface area contributed by atoms with E-state index in [9.17, 15) is 4.79 Å². The molecule has 3 aromatic rings. The molecule has 0 bridgehead atoms. The summed E-state index contributed by atoms with van der Waals surface area (Å²) >= 11 is 0. The van der Waals surface area contributed by atoms with Gasteiger partial charge in [-0.25, -0.2) is 0 Å². The Bertz CT molecular complexity index is 766. The Morgan fingerprint density at radius 2 is 1.80 bits per heavy atom. The maximum Gasteiger partial charge on any atom is 0.255 e. The minimum atomic E-state index is -0.111. The number of nitrogens with one attached hydrogen (secondary N) is 1. The highest BCUT2D eigenvalue weighted by atomic mass is 16.1.